The van der Waals surface area contributed by atoms with Crippen molar-refractivity contribution in [3.8, 4) is 0 Å². The Morgan fingerprint density at radius 3 is 2.71 bits per heavy atom. The number of nitrogens with one attached hydrogen (secondary N) is 2. The first kappa shape index (κ1) is 16.1. The van der Waals surface area contributed by atoms with Crippen LogP contribution >= 0.6 is 11.3 Å². The number of halogens is 1. The molecule has 0 aliphatic rings. The van der Waals surface area contributed by atoms with Gasteiger partial charge in [-0.05, 0) is 48.9 Å². The maximum absolute atomic E-state index is 12.9. The van der Waals surface area contributed by atoms with Crippen LogP contribution in [0.25, 0.3) is 0 Å². The zero-order chi connectivity index (χ0) is 16.9. The molecule has 3 aromatic rings. The predicted octanol–water partition coefficient (Wildman–Crippen LogP) is 4.52. The van der Waals surface area contributed by atoms with Gasteiger partial charge in [-0.1, -0.05) is 12.1 Å². The Morgan fingerprint density at radius 2 is 1.96 bits per heavy atom. The lowest BCUT2D eigenvalue weighted by Gasteiger charge is -2.05. The van der Waals surface area contributed by atoms with Crippen LogP contribution in [0.1, 0.15) is 11.3 Å². The SMILES string of the molecule is Cc1cccc(NC(=O)Cc2csc(Nc3ccc(F)cc3)n2)c1. The summed E-state index contributed by atoms with van der Waals surface area (Å²) in [4.78, 5) is 16.5. The molecule has 0 fully saturated rings. The van der Waals surface area contributed by atoms with Gasteiger partial charge in [-0.15, -0.1) is 11.3 Å². The number of thiazole rings is 1. The number of carbonyl (C=O) groups is 1. The van der Waals surface area contributed by atoms with Gasteiger partial charge in [-0.3, -0.25) is 4.79 Å². The highest BCUT2D eigenvalue weighted by Gasteiger charge is 2.08. The molecule has 122 valence electrons. The smallest absolute Gasteiger partial charge is 0.230 e. The van der Waals surface area contributed by atoms with Gasteiger partial charge in [0, 0.05) is 16.8 Å². The fraction of sp³-hybridized carbons (Fsp3) is 0.111. The first-order valence-corrected chi connectivity index (χ1v) is 8.30. The van der Waals surface area contributed by atoms with Gasteiger partial charge in [0.05, 0.1) is 12.1 Å². The Balaban J connectivity index is 1.59. The molecule has 1 aromatic heterocycles. The van der Waals surface area contributed by atoms with Crippen LogP contribution in [-0.4, -0.2) is 10.9 Å². The molecule has 6 heteroatoms. The van der Waals surface area contributed by atoms with E-state index in [1.165, 1.54) is 23.5 Å². The minimum Gasteiger partial charge on any atom is -0.332 e. The van der Waals surface area contributed by atoms with Crippen molar-refractivity contribution in [2.45, 2.75) is 13.3 Å². The molecule has 0 spiro atoms. The van der Waals surface area contributed by atoms with Crippen LogP contribution in [0.15, 0.2) is 53.9 Å². The highest BCUT2D eigenvalue weighted by Crippen LogP contribution is 2.21. The van der Waals surface area contributed by atoms with Crippen molar-refractivity contribution >= 4 is 33.8 Å². The molecule has 0 aliphatic heterocycles. The van der Waals surface area contributed by atoms with Gasteiger partial charge in [0.1, 0.15) is 5.82 Å². The topological polar surface area (TPSA) is 54.0 Å². The maximum atomic E-state index is 12.9. The van der Waals surface area contributed by atoms with Crippen LogP contribution in [0.5, 0.6) is 0 Å². The number of carbonyl (C=O) groups excluding carboxylic acids is 1. The summed E-state index contributed by atoms with van der Waals surface area (Å²) in [5.41, 5.74) is 3.31. The molecule has 0 saturated carbocycles. The number of hydrogen-bond acceptors (Lipinski definition) is 4. The Bertz CT molecular complexity index is 845. The summed E-state index contributed by atoms with van der Waals surface area (Å²) in [5, 5.41) is 8.45. The van der Waals surface area contributed by atoms with E-state index in [4.69, 9.17) is 0 Å². The van der Waals surface area contributed by atoms with Gasteiger partial charge < -0.3 is 10.6 Å². The molecule has 2 N–H and O–H groups in total. The van der Waals surface area contributed by atoms with E-state index in [-0.39, 0.29) is 18.1 Å². The van der Waals surface area contributed by atoms with E-state index >= 15 is 0 Å². The number of amides is 1. The molecule has 0 aliphatic carbocycles. The largest absolute Gasteiger partial charge is 0.332 e. The van der Waals surface area contributed by atoms with Gasteiger partial charge in [0.2, 0.25) is 5.91 Å². The molecule has 1 heterocycles. The van der Waals surface area contributed by atoms with E-state index < -0.39 is 0 Å². The molecular weight excluding hydrogens is 325 g/mol. The third-order valence-corrected chi connectivity index (χ3v) is 4.10. The standard InChI is InChI=1S/C18H16FN3OS/c1-12-3-2-4-15(9-12)20-17(23)10-16-11-24-18(22-16)21-14-7-5-13(19)6-8-14/h2-9,11H,10H2,1H3,(H,20,23)(H,21,22). The summed E-state index contributed by atoms with van der Waals surface area (Å²) in [7, 11) is 0. The molecule has 4 nitrogen and oxygen atoms in total. The first-order chi connectivity index (χ1) is 11.6. The van der Waals surface area contributed by atoms with Gasteiger partial charge in [-0.2, -0.15) is 0 Å². The van der Waals surface area contributed by atoms with E-state index in [1.807, 2.05) is 36.6 Å². The number of nitrogens with zero attached hydrogens (tertiary/aromatic N) is 1. The molecule has 0 bridgehead atoms. The normalized spacial score (nSPS) is 10.4. The summed E-state index contributed by atoms with van der Waals surface area (Å²) >= 11 is 1.40. The lowest BCUT2D eigenvalue weighted by molar-refractivity contribution is -0.115. The lowest BCUT2D eigenvalue weighted by Crippen LogP contribution is -2.14. The van der Waals surface area contributed by atoms with E-state index in [0.717, 1.165) is 16.9 Å². The molecule has 0 unspecified atom stereocenters. The third-order valence-electron chi connectivity index (χ3n) is 3.29. The monoisotopic (exact) mass is 341 g/mol. The minimum absolute atomic E-state index is 0.112. The molecular formula is C18H16FN3OS. The second-order valence-electron chi connectivity index (χ2n) is 5.37. The highest BCUT2D eigenvalue weighted by atomic mass is 32.1. The summed E-state index contributed by atoms with van der Waals surface area (Å²) in [5.74, 6) is -0.396. The van der Waals surface area contributed by atoms with Gasteiger partial charge in [-0.25, -0.2) is 9.37 Å². The van der Waals surface area contributed by atoms with Crippen LogP contribution in [-0.2, 0) is 11.2 Å². The van der Waals surface area contributed by atoms with Gasteiger partial charge >= 0.3 is 0 Å². The van der Waals surface area contributed by atoms with Gasteiger partial charge in [0.15, 0.2) is 5.13 Å². The number of benzene rings is 2. The average Bonchev–Trinajstić information content (AvgIpc) is 2.96. The van der Waals surface area contributed by atoms with Crippen molar-refractivity contribution in [2.75, 3.05) is 10.6 Å². The Labute approximate surface area is 143 Å². The highest BCUT2D eigenvalue weighted by molar-refractivity contribution is 7.13. The molecule has 2 aromatic carbocycles. The molecule has 24 heavy (non-hydrogen) atoms. The summed E-state index contributed by atoms with van der Waals surface area (Å²) in [6, 6.07) is 13.7. The zero-order valence-electron chi connectivity index (χ0n) is 13.0. The van der Waals surface area contributed by atoms with Crippen molar-refractivity contribution in [2.24, 2.45) is 0 Å². The second-order valence-corrected chi connectivity index (χ2v) is 6.23. The quantitative estimate of drug-likeness (QED) is 0.717. The van der Waals surface area contributed by atoms with E-state index in [0.29, 0.717) is 10.8 Å². The fourth-order valence-electron chi connectivity index (χ4n) is 2.19. The van der Waals surface area contributed by atoms with Crippen LogP contribution < -0.4 is 10.6 Å². The maximum Gasteiger partial charge on any atom is 0.230 e. The summed E-state index contributed by atoms with van der Waals surface area (Å²) < 4.78 is 12.9. The number of aryl methyl sites for hydroxylation is 1. The number of rotatable bonds is 5. The number of aromatic nitrogens is 1. The Morgan fingerprint density at radius 1 is 1.17 bits per heavy atom. The predicted molar refractivity (Wildman–Crippen MR) is 95.3 cm³/mol. The summed E-state index contributed by atoms with van der Waals surface area (Å²) in [6.07, 6.45) is 0.204. The molecule has 1 amide bonds. The van der Waals surface area contributed by atoms with Crippen molar-refractivity contribution in [3.63, 3.8) is 0 Å². The number of hydrogen-bond donors (Lipinski definition) is 2. The number of anilines is 3. The molecule has 0 radical (unpaired) electrons. The van der Waals surface area contributed by atoms with Crippen molar-refractivity contribution in [1.82, 2.24) is 4.98 Å². The lowest BCUT2D eigenvalue weighted by atomic mass is 10.2. The van der Waals surface area contributed by atoms with Crippen molar-refractivity contribution in [1.29, 1.82) is 0 Å². The zero-order valence-corrected chi connectivity index (χ0v) is 13.9. The third kappa shape index (κ3) is 4.39. The fourth-order valence-corrected chi connectivity index (χ4v) is 2.93. The van der Waals surface area contributed by atoms with Crippen LogP contribution in [0.4, 0.5) is 20.9 Å². The summed E-state index contributed by atoms with van der Waals surface area (Å²) in [6.45, 7) is 1.98. The average molecular weight is 341 g/mol. The first-order valence-electron chi connectivity index (χ1n) is 7.42. The minimum atomic E-state index is -0.284. The Hall–Kier alpha value is -2.73. The van der Waals surface area contributed by atoms with E-state index in [2.05, 4.69) is 15.6 Å². The second kappa shape index (κ2) is 7.23. The van der Waals surface area contributed by atoms with E-state index in [9.17, 15) is 9.18 Å². The van der Waals surface area contributed by atoms with Crippen molar-refractivity contribution < 1.29 is 9.18 Å². The van der Waals surface area contributed by atoms with Crippen LogP contribution in [0.2, 0.25) is 0 Å². The van der Waals surface area contributed by atoms with Crippen LogP contribution in [0, 0.1) is 12.7 Å². The molecule has 0 atom stereocenters. The van der Waals surface area contributed by atoms with Crippen LogP contribution in [0.3, 0.4) is 0 Å². The Kier molecular flexibility index (Phi) is 4.86. The molecule has 0 saturated heterocycles. The molecule has 3 rings (SSSR count). The van der Waals surface area contributed by atoms with Crippen molar-refractivity contribution in [3.05, 3.63) is 71.0 Å². The van der Waals surface area contributed by atoms with Gasteiger partial charge in [0.25, 0.3) is 0 Å². The van der Waals surface area contributed by atoms with E-state index in [1.54, 1.807) is 12.1 Å².